The molecule has 0 amide bonds. The maximum atomic E-state index is 6.05. The Hall–Kier alpha value is -1.61. The first kappa shape index (κ1) is 12.4. The molecule has 3 heteroatoms. The molecule has 2 atom stereocenters. The van der Waals surface area contributed by atoms with Gasteiger partial charge >= 0.3 is 0 Å². The molecule has 100 valence electrons. The quantitative estimate of drug-likeness (QED) is 0.897. The number of pyridine rings is 1. The zero-order valence-corrected chi connectivity index (χ0v) is 11.4. The fraction of sp³-hybridized carbons (Fsp3) is 0.438. The Balaban J connectivity index is 1.87. The first-order chi connectivity index (χ1) is 9.24. The standard InChI is InChI=1S/C16H21N3/c1-12(17)14-6-4-10-19(11-14)16-9-8-13-5-2-3-7-15(13)18-16/h2-3,5,7-9,12,14H,4,6,10-11,17H2,1H3. The lowest BCUT2D eigenvalue weighted by atomic mass is 9.92. The van der Waals surface area contributed by atoms with E-state index >= 15 is 0 Å². The molecule has 0 radical (unpaired) electrons. The normalized spacial score (nSPS) is 21.6. The molecule has 1 aromatic carbocycles. The van der Waals surface area contributed by atoms with Gasteiger partial charge in [0.2, 0.25) is 0 Å². The Morgan fingerprint density at radius 2 is 2.11 bits per heavy atom. The van der Waals surface area contributed by atoms with Gasteiger partial charge in [0.1, 0.15) is 5.82 Å². The molecule has 1 aliphatic rings. The summed E-state index contributed by atoms with van der Waals surface area (Å²) in [6.45, 7) is 4.24. The van der Waals surface area contributed by atoms with Crippen molar-refractivity contribution in [1.29, 1.82) is 0 Å². The lowest BCUT2D eigenvalue weighted by molar-refractivity contribution is 0.363. The van der Waals surface area contributed by atoms with Crippen molar-refractivity contribution in [2.45, 2.75) is 25.8 Å². The van der Waals surface area contributed by atoms with Crippen molar-refractivity contribution in [3.05, 3.63) is 36.4 Å². The minimum atomic E-state index is 0.267. The van der Waals surface area contributed by atoms with Gasteiger partial charge in [-0.15, -0.1) is 0 Å². The summed E-state index contributed by atoms with van der Waals surface area (Å²) in [6.07, 6.45) is 2.45. The van der Waals surface area contributed by atoms with Crippen molar-refractivity contribution >= 4 is 16.7 Å². The van der Waals surface area contributed by atoms with Crippen LogP contribution in [0.2, 0.25) is 0 Å². The molecule has 2 heterocycles. The van der Waals surface area contributed by atoms with E-state index in [-0.39, 0.29) is 6.04 Å². The second-order valence-corrected chi connectivity index (χ2v) is 5.57. The van der Waals surface area contributed by atoms with Crippen LogP contribution in [0.3, 0.4) is 0 Å². The number of anilines is 1. The zero-order chi connectivity index (χ0) is 13.2. The Bertz CT molecular complexity index is 565. The van der Waals surface area contributed by atoms with Gasteiger partial charge in [-0.25, -0.2) is 4.98 Å². The summed E-state index contributed by atoms with van der Waals surface area (Å²) in [6, 6.07) is 12.8. The van der Waals surface area contributed by atoms with Crippen LogP contribution < -0.4 is 10.6 Å². The summed E-state index contributed by atoms with van der Waals surface area (Å²) in [5, 5.41) is 1.20. The number of hydrogen-bond acceptors (Lipinski definition) is 3. The number of piperidine rings is 1. The monoisotopic (exact) mass is 255 g/mol. The van der Waals surface area contributed by atoms with E-state index in [1.807, 2.05) is 6.07 Å². The highest BCUT2D eigenvalue weighted by Crippen LogP contribution is 2.24. The molecule has 2 unspecified atom stereocenters. The van der Waals surface area contributed by atoms with Gasteiger partial charge < -0.3 is 10.6 Å². The smallest absolute Gasteiger partial charge is 0.129 e. The lowest BCUT2D eigenvalue weighted by Gasteiger charge is -2.35. The number of nitrogens with two attached hydrogens (primary N) is 1. The van der Waals surface area contributed by atoms with E-state index in [1.165, 1.54) is 18.2 Å². The molecule has 2 aromatic rings. The van der Waals surface area contributed by atoms with Gasteiger partial charge in [0.05, 0.1) is 5.52 Å². The molecule has 3 nitrogen and oxygen atoms in total. The zero-order valence-electron chi connectivity index (χ0n) is 11.4. The van der Waals surface area contributed by atoms with Gasteiger partial charge in [-0.2, -0.15) is 0 Å². The molecule has 0 saturated carbocycles. The second kappa shape index (κ2) is 5.17. The lowest BCUT2D eigenvalue weighted by Crippen LogP contribution is -2.42. The summed E-state index contributed by atoms with van der Waals surface area (Å²) in [7, 11) is 0. The fourth-order valence-electron chi connectivity index (χ4n) is 2.88. The van der Waals surface area contributed by atoms with Crippen LogP contribution in [0.25, 0.3) is 10.9 Å². The highest BCUT2D eigenvalue weighted by atomic mass is 15.2. The molecular formula is C16H21N3. The molecule has 1 saturated heterocycles. The van der Waals surface area contributed by atoms with Crippen molar-refractivity contribution in [3.8, 4) is 0 Å². The van der Waals surface area contributed by atoms with Crippen LogP contribution in [0.5, 0.6) is 0 Å². The number of nitrogens with zero attached hydrogens (tertiary/aromatic N) is 2. The SMILES string of the molecule is CC(N)C1CCCN(c2ccc3ccccc3n2)C1. The van der Waals surface area contributed by atoms with Crippen molar-refractivity contribution in [2.24, 2.45) is 11.7 Å². The maximum absolute atomic E-state index is 6.05. The van der Waals surface area contributed by atoms with Gasteiger partial charge in [-0.3, -0.25) is 0 Å². The van der Waals surface area contributed by atoms with Crippen LogP contribution in [-0.4, -0.2) is 24.1 Å². The summed E-state index contributed by atoms with van der Waals surface area (Å²) in [4.78, 5) is 7.16. The minimum Gasteiger partial charge on any atom is -0.356 e. The van der Waals surface area contributed by atoms with Crippen LogP contribution in [-0.2, 0) is 0 Å². The van der Waals surface area contributed by atoms with Crippen LogP contribution in [0, 0.1) is 5.92 Å². The average Bonchev–Trinajstić information content (AvgIpc) is 2.47. The molecule has 0 bridgehead atoms. The van der Waals surface area contributed by atoms with E-state index in [4.69, 9.17) is 10.7 Å². The Morgan fingerprint density at radius 3 is 2.95 bits per heavy atom. The predicted octanol–water partition coefficient (Wildman–Crippen LogP) is 2.80. The number of para-hydroxylation sites is 1. The average molecular weight is 255 g/mol. The number of rotatable bonds is 2. The minimum absolute atomic E-state index is 0.267. The highest BCUT2D eigenvalue weighted by molar-refractivity contribution is 5.80. The van der Waals surface area contributed by atoms with Crippen molar-refractivity contribution < 1.29 is 0 Å². The van der Waals surface area contributed by atoms with E-state index in [1.54, 1.807) is 0 Å². The van der Waals surface area contributed by atoms with Crippen LogP contribution in [0.15, 0.2) is 36.4 Å². The van der Waals surface area contributed by atoms with Gasteiger partial charge in [0, 0.05) is 24.5 Å². The topological polar surface area (TPSA) is 42.1 Å². The Morgan fingerprint density at radius 1 is 1.26 bits per heavy atom. The van der Waals surface area contributed by atoms with E-state index in [2.05, 4.69) is 42.2 Å². The Kier molecular flexibility index (Phi) is 3.38. The van der Waals surface area contributed by atoms with Crippen molar-refractivity contribution in [2.75, 3.05) is 18.0 Å². The van der Waals surface area contributed by atoms with Crippen LogP contribution >= 0.6 is 0 Å². The summed E-state index contributed by atoms with van der Waals surface area (Å²) in [5.41, 5.74) is 7.12. The van der Waals surface area contributed by atoms with E-state index in [0.717, 1.165) is 24.4 Å². The number of benzene rings is 1. The van der Waals surface area contributed by atoms with E-state index < -0.39 is 0 Å². The third-order valence-electron chi connectivity index (χ3n) is 4.11. The highest BCUT2D eigenvalue weighted by Gasteiger charge is 2.23. The van der Waals surface area contributed by atoms with Crippen LogP contribution in [0.1, 0.15) is 19.8 Å². The summed E-state index contributed by atoms with van der Waals surface area (Å²) >= 11 is 0. The molecule has 2 N–H and O–H groups in total. The molecule has 1 aromatic heterocycles. The predicted molar refractivity (Wildman–Crippen MR) is 80.3 cm³/mol. The first-order valence-corrected chi connectivity index (χ1v) is 7.10. The van der Waals surface area contributed by atoms with Crippen molar-refractivity contribution in [3.63, 3.8) is 0 Å². The third-order valence-corrected chi connectivity index (χ3v) is 4.11. The number of hydrogen-bond donors (Lipinski definition) is 1. The molecule has 1 aliphatic heterocycles. The van der Waals surface area contributed by atoms with E-state index in [0.29, 0.717) is 5.92 Å². The maximum Gasteiger partial charge on any atom is 0.129 e. The molecule has 19 heavy (non-hydrogen) atoms. The van der Waals surface area contributed by atoms with Gasteiger partial charge in [-0.1, -0.05) is 18.2 Å². The summed E-state index contributed by atoms with van der Waals surface area (Å²) in [5.74, 6) is 1.67. The first-order valence-electron chi connectivity index (χ1n) is 7.10. The van der Waals surface area contributed by atoms with Gasteiger partial charge in [0.15, 0.2) is 0 Å². The molecule has 0 spiro atoms. The number of aromatic nitrogens is 1. The molecular weight excluding hydrogens is 234 g/mol. The fourth-order valence-corrected chi connectivity index (χ4v) is 2.88. The van der Waals surface area contributed by atoms with Crippen LogP contribution in [0.4, 0.5) is 5.82 Å². The number of fused-ring (bicyclic) bond motifs is 1. The van der Waals surface area contributed by atoms with Gasteiger partial charge in [0.25, 0.3) is 0 Å². The molecule has 3 rings (SSSR count). The molecule has 1 fully saturated rings. The summed E-state index contributed by atoms with van der Waals surface area (Å²) < 4.78 is 0. The second-order valence-electron chi connectivity index (χ2n) is 5.57. The van der Waals surface area contributed by atoms with Crippen molar-refractivity contribution in [1.82, 2.24) is 4.98 Å². The molecule has 0 aliphatic carbocycles. The van der Waals surface area contributed by atoms with E-state index in [9.17, 15) is 0 Å². The third kappa shape index (κ3) is 2.56. The Labute approximate surface area is 114 Å². The van der Waals surface area contributed by atoms with Gasteiger partial charge in [-0.05, 0) is 43.9 Å². The largest absolute Gasteiger partial charge is 0.356 e.